The smallest absolute Gasteiger partial charge is 0.114 e. The monoisotopic (exact) mass is 162 g/mol. The third kappa shape index (κ3) is 2.65. The molecule has 0 saturated carbocycles. The lowest BCUT2D eigenvalue weighted by molar-refractivity contribution is 0.140. The normalized spacial score (nSPS) is 26.4. The van der Waals surface area contributed by atoms with Crippen LogP contribution in [0.5, 0.6) is 0 Å². The van der Waals surface area contributed by atoms with E-state index in [1.54, 1.807) is 6.08 Å². The fourth-order valence-electron chi connectivity index (χ4n) is 0.603. The highest BCUT2D eigenvalue weighted by molar-refractivity contribution is 8.77. The van der Waals surface area contributed by atoms with Crippen molar-refractivity contribution in [2.24, 2.45) is 0 Å². The standard InChI is InChI=1S/C6H10OS2/c1-2-4-7-6-3-5-8-9-6/h2,6H,1,3-5H2. The Hall–Kier alpha value is 0.400. The van der Waals surface area contributed by atoms with E-state index < -0.39 is 0 Å². The zero-order valence-electron chi connectivity index (χ0n) is 5.21. The molecule has 9 heavy (non-hydrogen) atoms. The van der Waals surface area contributed by atoms with Crippen molar-refractivity contribution in [3.8, 4) is 0 Å². The summed E-state index contributed by atoms with van der Waals surface area (Å²) >= 11 is 0. The SMILES string of the molecule is C=CCOC1CCSS1. The maximum absolute atomic E-state index is 5.38. The third-order valence-electron chi connectivity index (χ3n) is 1.01. The van der Waals surface area contributed by atoms with Crippen molar-refractivity contribution in [3.63, 3.8) is 0 Å². The summed E-state index contributed by atoms with van der Waals surface area (Å²) in [4.78, 5) is 0. The van der Waals surface area contributed by atoms with Gasteiger partial charge in [0.1, 0.15) is 5.44 Å². The van der Waals surface area contributed by atoms with Crippen LogP contribution in [0, 0.1) is 0 Å². The summed E-state index contributed by atoms with van der Waals surface area (Å²) in [6.45, 7) is 4.27. The van der Waals surface area contributed by atoms with E-state index in [9.17, 15) is 0 Å². The molecule has 52 valence electrons. The molecule has 3 heteroatoms. The molecule has 0 amide bonds. The minimum atomic E-state index is 0.424. The van der Waals surface area contributed by atoms with E-state index in [0.717, 1.165) is 0 Å². The molecule has 1 unspecified atom stereocenters. The fraction of sp³-hybridized carbons (Fsp3) is 0.667. The lowest BCUT2D eigenvalue weighted by Gasteiger charge is -2.05. The van der Waals surface area contributed by atoms with Gasteiger partial charge in [-0.15, -0.1) is 6.58 Å². The molecule has 1 saturated heterocycles. The van der Waals surface area contributed by atoms with Crippen LogP contribution in [0.2, 0.25) is 0 Å². The van der Waals surface area contributed by atoms with Crippen molar-refractivity contribution >= 4 is 21.6 Å². The molecule has 0 bridgehead atoms. The van der Waals surface area contributed by atoms with Crippen LogP contribution < -0.4 is 0 Å². The molecule has 0 aromatic carbocycles. The molecule has 0 spiro atoms. The predicted molar refractivity (Wildman–Crippen MR) is 44.6 cm³/mol. The molecule has 1 nitrogen and oxygen atoms in total. The summed E-state index contributed by atoms with van der Waals surface area (Å²) in [6.07, 6.45) is 2.98. The Morgan fingerprint density at radius 1 is 1.78 bits per heavy atom. The Labute approximate surface area is 63.6 Å². The first-order valence-electron chi connectivity index (χ1n) is 2.94. The van der Waals surface area contributed by atoms with Crippen LogP contribution in [0.1, 0.15) is 6.42 Å². The van der Waals surface area contributed by atoms with Crippen molar-refractivity contribution in [2.45, 2.75) is 11.9 Å². The quantitative estimate of drug-likeness (QED) is 0.465. The Balaban J connectivity index is 2.04. The van der Waals surface area contributed by atoms with Gasteiger partial charge in [-0.1, -0.05) is 27.7 Å². The van der Waals surface area contributed by atoms with Gasteiger partial charge in [0.15, 0.2) is 0 Å². The molecular weight excluding hydrogens is 152 g/mol. The number of hydrogen-bond donors (Lipinski definition) is 0. The molecule has 1 heterocycles. The summed E-state index contributed by atoms with van der Waals surface area (Å²) in [7, 11) is 3.72. The molecule has 0 aromatic heterocycles. The minimum Gasteiger partial charge on any atom is -0.363 e. The largest absolute Gasteiger partial charge is 0.363 e. The summed E-state index contributed by atoms with van der Waals surface area (Å²) in [6, 6.07) is 0. The second-order valence-electron chi connectivity index (χ2n) is 1.76. The zero-order valence-corrected chi connectivity index (χ0v) is 6.84. The van der Waals surface area contributed by atoms with Crippen LogP contribution in [0.4, 0.5) is 0 Å². The minimum absolute atomic E-state index is 0.424. The molecule has 0 N–H and O–H groups in total. The first-order chi connectivity index (χ1) is 4.43. The summed E-state index contributed by atoms with van der Waals surface area (Å²) in [5, 5.41) is 0. The highest BCUT2D eigenvalue weighted by Crippen LogP contribution is 2.37. The summed E-state index contributed by atoms with van der Waals surface area (Å²) < 4.78 is 5.38. The molecule has 1 rings (SSSR count). The molecule has 0 aromatic rings. The highest BCUT2D eigenvalue weighted by Gasteiger charge is 2.15. The Bertz CT molecular complexity index is 89.1. The van der Waals surface area contributed by atoms with E-state index in [2.05, 4.69) is 6.58 Å². The highest BCUT2D eigenvalue weighted by atomic mass is 33.1. The van der Waals surface area contributed by atoms with Crippen LogP contribution in [-0.4, -0.2) is 17.8 Å². The third-order valence-corrected chi connectivity index (χ3v) is 3.69. The van der Waals surface area contributed by atoms with Crippen molar-refractivity contribution in [1.29, 1.82) is 0 Å². The van der Waals surface area contributed by atoms with Crippen LogP contribution in [-0.2, 0) is 4.74 Å². The van der Waals surface area contributed by atoms with E-state index >= 15 is 0 Å². The van der Waals surface area contributed by atoms with Gasteiger partial charge in [-0.05, 0) is 6.42 Å². The van der Waals surface area contributed by atoms with Gasteiger partial charge in [0, 0.05) is 5.75 Å². The van der Waals surface area contributed by atoms with Crippen LogP contribution in [0.3, 0.4) is 0 Å². The van der Waals surface area contributed by atoms with Gasteiger partial charge in [0.25, 0.3) is 0 Å². The average molecular weight is 162 g/mol. The molecule has 0 aliphatic carbocycles. The molecule has 1 fully saturated rings. The Morgan fingerprint density at radius 3 is 3.22 bits per heavy atom. The summed E-state index contributed by atoms with van der Waals surface area (Å²) in [5.74, 6) is 1.23. The first-order valence-corrected chi connectivity index (χ1v) is 5.32. The maximum atomic E-state index is 5.38. The zero-order chi connectivity index (χ0) is 6.53. The average Bonchev–Trinajstić information content (AvgIpc) is 2.34. The topological polar surface area (TPSA) is 9.23 Å². The number of rotatable bonds is 3. The van der Waals surface area contributed by atoms with E-state index in [1.807, 2.05) is 21.6 Å². The van der Waals surface area contributed by atoms with Gasteiger partial charge >= 0.3 is 0 Å². The van der Waals surface area contributed by atoms with E-state index in [4.69, 9.17) is 4.74 Å². The van der Waals surface area contributed by atoms with Crippen LogP contribution >= 0.6 is 21.6 Å². The van der Waals surface area contributed by atoms with Crippen molar-refractivity contribution in [3.05, 3.63) is 12.7 Å². The van der Waals surface area contributed by atoms with Gasteiger partial charge in [-0.3, -0.25) is 0 Å². The van der Waals surface area contributed by atoms with E-state index in [1.165, 1.54) is 12.2 Å². The van der Waals surface area contributed by atoms with Gasteiger partial charge in [-0.2, -0.15) is 0 Å². The molecular formula is C6H10OS2. The van der Waals surface area contributed by atoms with Crippen LogP contribution in [0.15, 0.2) is 12.7 Å². The van der Waals surface area contributed by atoms with Crippen molar-refractivity contribution in [2.75, 3.05) is 12.4 Å². The van der Waals surface area contributed by atoms with E-state index in [-0.39, 0.29) is 0 Å². The molecule has 1 aliphatic heterocycles. The predicted octanol–water partition coefficient (Wildman–Crippen LogP) is 2.30. The second kappa shape index (κ2) is 4.25. The Morgan fingerprint density at radius 2 is 2.67 bits per heavy atom. The van der Waals surface area contributed by atoms with Crippen molar-refractivity contribution < 1.29 is 4.74 Å². The lowest BCUT2D eigenvalue weighted by atomic mass is 10.5. The van der Waals surface area contributed by atoms with Gasteiger partial charge in [0.2, 0.25) is 0 Å². The first kappa shape index (κ1) is 7.51. The Kier molecular flexibility index (Phi) is 3.55. The maximum Gasteiger partial charge on any atom is 0.114 e. The van der Waals surface area contributed by atoms with Gasteiger partial charge in [0.05, 0.1) is 6.61 Å². The van der Waals surface area contributed by atoms with E-state index in [0.29, 0.717) is 12.0 Å². The van der Waals surface area contributed by atoms with Crippen molar-refractivity contribution in [1.82, 2.24) is 0 Å². The lowest BCUT2D eigenvalue weighted by Crippen LogP contribution is -2.03. The van der Waals surface area contributed by atoms with Gasteiger partial charge in [-0.25, -0.2) is 0 Å². The fourth-order valence-corrected chi connectivity index (χ4v) is 3.15. The molecule has 0 radical (unpaired) electrons. The molecule has 1 atom stereocenters. The summed E-state index contributed by atoms with van der Waals surface area (Å²) in [5.41, 5.74) is 0.424. The number of hydrogen-bond acceptors (Lipinski definition) is 3. The second-order valence-corrected chi connectivity index (χ2v) is 4.41. The van der Waals surface area contributed by atoms with Crippen LogP contribution in [0.25, 0.3) is 0 Å². The van der Waals surface area contributed by atoms with Gasteiger partial charge < -0.3 is 4.74 Å². The molecule has 1 aliphatic rings. The number of ether oxygens (including phenoxy) is 1.